The minimum Gasteiger partial charge on any atom is -0.396 e. The summed E-state index contributed by atoms with van der Waals surface area (Å²) >= 11 is 1.91. The summed E-state index contributed by atoms with van der Waals surface area (Å²) in [6.07, 6.45) is 0. The number of hydrogen-bond acceptors (Lipinski definition) is 4. The van der Waals surface area contributed by atoms with Crippen LogP contribution >= 0.6 is 11.8 Å². The van der Waals surface area contributed by atoms with E-state index in [1.54, 1.807) is 0 Å². The number of pyridine rings is 1. The molecule has 0 aromatic carbocycles. The van der Waals surface area contributed by atoms with E-state index in [-0.39, 0.29) is 0 Å². The summed E-state index contributed by atoms with van der Waals surface area (Å²) in [7, 11) is 0. The zero-order valence-electron chi connectivity index (χ0n) is 9.58. The van der Waals surface area contributed by atoms with E-state index in [1.165, 1.54) is 0 Å². The second-order valence-corrected chi connectivity index (χ2v) is 4.91. The first-order valence-electron chi connectivity index (χ1n) is 5.21. The molecule has 0 saturated heterocycles. The van der Waals surface area contributed by atoms with Crippen LogP contribution in [-0.4, -0.2) is 22.5 Å². The Morgan fingerprint density at radius 1 is 1.53 bits per heavy atom. The van der Waals surface area contributed by atoms with Crippen molar-refractivity contribution in [2.24, 2.45) is 0 Å². The minimum atomic E-state index is 0.395. The van der Waals surface area contributed by atoms with Crippen molar-refractivity contribution in [2.75, 3.05) is 22.6 Å². The van der Waals surface area contributed by atoms with Crippen LogP contribution in [0.15, 0.2) is 12.1 Å². The summed E-state index contributed by atoms with van der Waals surface area (Å²) in [4.78, 5) is 4.38. The lowest BCUT2D eigenvalue weighted by molar-refractivity contribution is 0.900. The van der Waals surface area contributed by atoms with Gasteiger partial charge in [0, 0.05) is 17.5 Å². The van der Waals surface area contributed by atoms with Crippen molar-refractivity contribution in [2.45, 2.75) is 26.8 Å². The fourth-order valence-corrected chi connectivity index (χ4v) is 1.93. The summed E-state index contributed by atoms with van der Waals surface area (Å²) in [6, 6.07) is 4.21. The standard InChI is InChI=1S/C11H19N3S/c1-4-15-7-9(3)14-11-10(12)6-5-8(2)13-11/h5-6,9H,4,7,12H2,1-3H3,(H,13,14). The second-order valence-electron chi connectivity index (χ2n) is 3.60. The zero-order valence-corrected chi connectivity index (χ0v) is 10.4. The number of hydrogen-bond donors (Lipinski definition) is 2. The maximum absolute atomic E-state index is 5.83. The van der Waals surface area contributed by atoms with E-state index in [0.717, 1.165) is 23.0 Å². The average molecular weight is 225 g/mol. The molecule has 0 radical (unpaired) electrons. The lowest BCUT2D eigenvalue weighted by atomic mass is 10.3. The van der Waals surface area contributed by atoms with Crippen LogP contribution in [0.3, 0.4) is 0 Å². The Morgan fingerprint density at radius 2 is 2.27 bits per heavy atom. The molecular formula is C11H19N3S. The van der Waals surface area contributed by atoms with Crippen LogP contribution in [0, 0.1) is 6.92 Å². The molecule has 0 saturated carbocycles. The van der Waals surface area contributed by atoms with Gasteiger partial charge in [-0.1, -0.05) is 6.92 Å². The van der Waals surface area contributed by atoms with Crippen LogP contribution in [-0.2, 0) is 0 Å². The van der Waals surface area contributed by atoms with Gasteiger partial charge >= 0.3 is 0 Å². The van der Waals surface area contributed by atoms with Crippen molar-refractivity contribution >= 4 is 23.3 Å². The van der Waals surface area contributed by atoms with E-state index in [2.05, 4.69) is 24.1 Å². The van der Waals surface area contributed by atoms with E-state index in [4.69, 9.17) is 5.73 Å². The van der Waals surface area contributed by atoms with Gasteiger partial charge in [-0.3, -0.25) is 0 Å². The molecule has 1 unspecified atom stereocenters. The van der Waals surface area contributed by atoms with Gasteiger partial charge in [-0.05, 0) is 31.7 Å². The maximum atomic E-state index is 5.83. The predicted octanol–water partition coefficient (Wildman–Crippen LogP) is 2.53. The molecule has 0 amide bonds. The first-order chi connectivity index (χ1) is 7.13. The number of nitrogens with one attached hydrogen (secondary N) is 1. The van der Waals surface area contributed by atoms with Crippen molar-refractivity contribution in [1.29, 1.82) is 0 Å². The van der Waals surface area contributed by atoms with Crippen LogP contribution in [0.4, 0.5) is 11.5 Å². The summed E-state index contributed by atoms with van der Waals surface area (Å²) in [5.74, 6) is 3.02. The Morgan fingerprint density at radius 3 is 2.93 bits per heavy atom. The topological polar surface area (TPSA) is 50.9 Å². The quantitative estimate of drug-likeness (QED) is 0.808. The molecule has 0 aliphatic carbocycles. The Labute approximate surface area is 95.9 Å². The summed E-state index contributed by atoms with van der Waals surface area (Å²) in [5, 5.41) is 3.33. The van der Waals surface area contributed by atoms with E-state index in [1.807, 2.05) is 30.8 Å². The molecule has 0 spiro atoms. The largest absolute Gasteiger partial charge is 0.396 e. The molecule has 0 aliphatic heterocycles. The number of nitrogens with zero attached hydrogens (tertiary/aromatic N) is 1. The fourth-order valence-electron chi connectivity index (χ4n) is 1.25. The highest BCUT2D eigenvalue weighted by molar-refractivity contribution is 7.99. The van der Waals surface area contributed by atoms with Crippen molar-refractivity contribution in [1.82, 2.24) is 4.98 Å². The van der Waals surface area contributed by atoms with Crippen molar-refractivity contribution in [3.8, 4) is 0 Å². The predicted molar refractivity (Wildman–Crippen MR) is 69.5 cm³/mol. The highest BCUT2D eigenvalue weighted by Gasteiger charge is 2.05. The molecular weight excluding hydrogens is 206 g/mol. The third-order valence-corrected chi connectivity index (χ3v) is 3.16. The van der Waals surface area contributed by atoms with Crippen molar-refractivity contribution in [3.63, 3.8) is 0 Å². The molecule has 1 atom stereocenters. The summed E-state index contributed by atoms with van der Waals surface area (Å²) in [6.45, 7) is 6.28. The molecule has 1 rings (SSSR count). The number of aromatic nitrogens is 1. The van der Waals surface area contributed by atoms with Gasteiger partial charge < -0.3 is 11.1 Å². The van der Waals surface area contributed by atoms with Crippen LogP contribution in [0.25, 0.3) is 0 Å². The SMILES string of the molecule is CCSCC(C)Nc1nc(C)ccc1N. The molecule has 3 nitrogen and oxygen atoms in total. The van der Waals surface area contributed by atoms with Crippen LogP contribution in [0.2, 0.25) is 0 Å². The second kappa shape index (κ2) is 5.85. The third-order valence-electron chi connectivity index (χ3n) is 2.02. The van der Waals surface area contributed by atoms with Crippen molar-refractivity contribution in [3.05, 3.63) is 17.8 Å². The summed E-state index contributed by atoms with van der Waals surface area (Å²) < 4.78 is 0. The molecule has 0 fully saturated rings. The minimum absolute atomic E-state index is 0.395. The lowest BCUT2D eigenvalue weighted by Crippen LogP contribution is -2.20. The number of aryl methyl sites for hydroxylation is 1. The van der Waals surface area contributed by atoms with Gasteiger partial charge in [-0.2, -0.15) is 11.8 Å². The number of rotatable bonds is 5. The smallest absolute Gasteiger partial charge is 0.149 e. The molecule has 1 aromatic rings. The summed E-state index contributed by atoms with van der Waals surface area (Å²) in [5.41, 5.74) is 7.54. The Bertz CT molecular complexity index is 315. The van der Waals surface area contributed by atoms with E-state index < -0.39 is 0 Å². The third kappa shape index (κ3) is 4.00. The number of anilines is 2. The van der Waals surface area contributed by atoms with Gasteiger partial charge in [-0.15, -0.1) is 0 Å². The number of nitrogens with two attached hydrogens (primary N) is 1. The van der Waals surface area contributed by atoms with E-state index >= 15 is 0 Å². The van der Waals surface area contributed by atoms with Gasteiger partial charge in [0.15, 0.2) is 0 Å². The van der Waals surface area contributed by atoms with Crippen molar-refractivity contribution < 1.29 is 0 Å². The number of nitrogen functional groups attached to an aromatic ring is 1. The highest BCUT2D eigenvalue weighted by atomic mass is 32.2. The molecule has 4 heteroatoms. The monoisotopic (exact) mass is 225 g/mol. The molecule has 0 bridgehead atoms. The molecule has 1 aromatic heterocycles. The Balaban J connectivity index is 2.59. The van der Waals surface area contributed by atoms with Crippen LogP contribution in [0.1, 0.15) is 19.5 Å². The van der Waals surface area contributed by atoms with Gasteiger partial charge in [0.05, 0.1) is 5.69 Å². The van der Waals surface area contributed by atoms with Gasteiger partial charge in [0.25, 0.3) is 0 Å². The zero-order chi connectivity index (χ0) is 11.3. The fraction of sp³-hybridized carbons (Fsp3) is 0.545. The van der Waals surface area contributed by atoms with Gasteiger partial charge in [-0.25, -0.2) is 4.98 Å². The first kappa shape index (κ1) is 12.2. The molecule has 15 heavy (non-hydrogen) atoms. The Hall–Kier alpha value is -0.900. The van der Waals surface area contributed by atoms with Gasteiger partial charge in [0.1, 0.15) is 5.82 Å². The molecule has 84 valence electrons. The maximum Gasteiger partial charge on any atom is 0.149 e. The molecule has 3 N–H and O–H groups in total. The first-order valence-corrected chi connectivity index (χ1v) is 6.36. The van der Waals surface area contributed by atoms with E-state index in [9.17, 15) is 0 Å². The molecule has 0 aliphatic rings. The number of thioether (sulfide) groups is 1. The Kier molecular flexibility index (Phi) is 4.75. The van der Waals surface area contributed by atoms with Crippen LogP contribution < -0.4 is 11.1 Å². The lowest BCUT2D eigenvalue weighted by Gasteiger charge is -2.15. The highest BCUT2D eigenvalue weighted by Crippen LogP contribution is 2.17. The normalized spacial score (nSPS) is 12.5. The van der Waals surface area contributed by atoms with Crippen LogP contribution in [0.5, 0.6) is 0 Å². The van der Waals surface area contributed by atoms with Gasteiger partial charge in [0.2, 0.25) is 0 Å². The average Bonchev–Trinajstić information content (AvgIpc) is 2.20. The van der Waals surface area contributed by atoms with E-state index in [0.29, 0.717) is 11.7 Å². The molecule has 1 heterocycles.